The molecule has 2 heteroatoms. The molecule has 0 heterocycles. The highest BCUT2D eigenvalue weighted by Gasteiger charge is 1.89. The van der Waals surface area contributed by atoms with Gasteiger partial charge in [-0.1, -0.05) is 37.4 Å². The van der Waals surface area contributed by atoms with Gasteiger partial charge < -0.3 is 0 Å². The number of hydrogen-bond acceptors (Lipinski definition) is 0. The SMILES string of the molecule is C/C(Br)=C(\C)CCBr. The zero-order valence-electron chi connectivity index (χ0n) is 5.17. The molecule has 0 bridgehead atoms. The van der Waals surface area contributed by atoms with Crippen LogP contribution in [-0.2, 0) is 0 Å². The van der Waals surface area contributed by atoms with Gasteiger partial charge in [-0.2, -0.15) is 0 Å². The van der Waals surface area contributed by atoms with Crippen molar-refractivity contribution in [1.82, 2.24) is 0 Å². The van der Waals surface area contributed by atoms with Crippen molar-refractivity contribution in [2.24, 2.45) is 0 Å². The highest BCUT2D eigenvalue weighted by atomic mass is 79.9. The van der Waals surface area contributed by atoms with Crippen LogP contribution in [0.25, 0.3) is 0 Å². The summed E-state index contributed by atoms with van der Waals surface area (Å²) in [5, 5.41) is 1.06. The Hall–Kier alpha value is 0.700. The highest BCUT2D eigenvalue weighted by Crippen LogP contribution is 2.13. The van der Waals surface area contributed by atoms with Gasteiger partial charge in [-0.25, -0.2) is 0 Å². The second-order valence-corrected chi connectivity index (χ2v) is 3.74. The topological polar surface area (TPSA) is 0 Å². The van der Waals surface area contributed by atoms with E-state index >= 15 is 0 Å². The molecule has 0 aromatic carbocycles. The molecule has 0 aromatic heterocycles. The smallest absolute Gasteiger partial charge is 0.00688 e. The van der Waals surface area contributed by atoms with E-state index in [4.69, 9.17) is 0 Å². The Bertz CT molecular complexity index is 90.7. The summed E-state index contributed by atoms with van der Waals surface area (Å²) in [6, 6.07) is 0. The van der Waals surface area contributed by atoms with E-state index in [-0.39, 0.29) is 0 Å². The molecular formula is C6H10Br2. The van der Waals surface area contributed by atoms with E-state index in [1.807, 2.05) is 0 Å². The minimum Gasteiger partial charge on any atom is -0.0925 e. The molecule has 48 valence electrons. The first-order valence-electron chi connectivity index (χ1n) is 2.56. The lowest BCUT2D eigenvalue weighted by Gasteiger charge is -1.95. The van der Waals surface area contributed by atoms with Crippen molar-refractivity contribution in [3.63, 3.8) is 0 Å². The lowest BCUT2D eigenvalue weighted by Crippen LogP contribution is -1.78. The van der Waals surface area contributed by atoms with Crippen LogP contribution >= 0.6 is 31.9 Å². The van der Waals surface area contributed by atoms with Crippen molar-refractivity contribution in [1.29, 1.82) is 0 Å². The van der Waals surface area contributed by atoms with E-state index in [1.54, 1.807) is 0 Å². The maximum atomic E-state index is 3.40. The molecule has 0 spiro atoms. The summed E-state index contributed by atoms with van der Waals surface area (Å²) in [7, 11) is 0. The van der Waals surface area contributed by atoms with Gasteiger partial charge >= 0.3 is 0 Å². The van der Waals surface area contributed by atoms with Crippen molar-refractivity contribution >= 4 is 31.9 Å². The number of rotatable bonds is 2. The first-order valence-corrected chi connectivity index (χ1v) is 4.47. The molecular weight excluding hydrogens is 232 g/mol. The Labute approximate surface area is 67.6 Å². The van der Waals surface area contributed by atoms with Crippen LogP contribution in [0.4, 0.5) is 0 Å². The van der Waals surface area contributed by atoms with Gasteiger partial charge in [-0.15, -0.1) is 0 Å². The summed E-state index contributed by atoms with van der Waals surface area (Å²) in [5.74, 6) is 0. The van der Waals surface area contributed by atoms with Gasteiger partial charge in [0.2, 0.25) is 0 Å². The molecule has 0 fully saturated rings. The summed E-state index contributed by atoms with van der Waals surface area (Å²) >= 11 is 6.76. The van der Waals surface area contributed by atoms with E-state index in [1.165, 1.54) is 10.1 Å². The normalized spacial score (nSPS) is 13.5. The first kappa shape index (κ1) is 8.70. The van der Waals surface area contributed by atoms with Crippen LogP contribution in [0.5, 0.6) is 0 Å². The molecule has 0 aliphatic rings. The summed E-state index contributed by atoms with van der Waals surface area (Å²) < 4.78 is 1.26. The molecule has 0 N–H and O–H groups in total. The molecule has 0 radical (unpaired) electrons. The Kier molecular flexibility index (Phi) is 4.97. The maximum Gasteiger partial charge on any atom is 0.00688 e. The van der Waals surface area contributed by atoms with Crippen LogP contribution in [0.3, 0.4) is 0 Å². The first-order chi connectivity index (χ1) is 3.68. The average Bonchev–Trinajstić information content (AvgIpc) is 1.67. The molecule has 0 amide bonds. The zero-order chi connectivity index (χ0) is 6.57. The van der Waals surface area contributed by atoms with Crippen LogP contribution in [-0.4, -0.2) is 5.33 Å². The Balaban J connectivity index is 3.62. The van der Waals surface area contributed by atoms with Gasteiger partial charge in [0.05, 0.1) is 0 Å². The largest absolute Gasteiger partial charge is 0.0925 e. The number of alkyl halides is 1. The fraction of sp³-hybridized carbons (Fsp3) is 0.667. The lowest BCUT2D eigenvalue weighted by molar-refractivity contribution is 1.11. The van der Waals surface area contributed by atoms with Gasteiger partial charge in [-0.3, -0.25) is 0 Å². The molecule has 0 aliphatic carbocycles. The number of hydrogen-bond donors (Lipinski definition) is 0. The molecule has 0 rings (SSSR count). The third-order valence-electron chi connectivity index (χ3n) is 1.06. The van der Waals surface area contributed by atoms with E-state index in [9.17, 15) is 0 Å². The van der Waals surface area contributed by atoms with Crippen molar-refractivity contribution in [3.05, 3.63) is 10.1 Å². The lowest BCUT2D eigenvalue weighted by atomic mass is 10.2. The van der Waals surface area contributed by atoms with Crippen molar-refractivity contribution in [3.8, 4) is 0 Å². The molecule has 0 aromatic rings. The molecule has 0 nitrogen and oxygen atoms in total. The summed E-state index contributed by atoms with van der Waals surface area (Å²) in [5.41, 5.74) is 1.42. The molecule has 0 saturated carbocycles. The Morgan fingerprint density at radius 3 is 2.00 bits per heavy atom. The fourth-order valence-electron chi connectivity index (χ4n) is 0.314. The quantitative estimate of drug-likeness (QED) is 0.650. The van der Waals surface area contributed by atoms with Crippen molar-refractivity contribution in [2.75, 3.05) is 5.33 Å². The van der Waals surface area contributed by atoms with Crippen LogP contribution in [0.1, 0.15) is 20.3 Å². The van der Waals surface area contributed by atoms with Gasteiger partial charge in [0.1, 0.15) is 0 Å². The van der Waals surface area contributed by atoms with E-state index in [0.717, 1.165) is 11.8 Å². The molecule has 8 heavy (non-hydrogen) atoms. The Morgan fingerprint density at radius 2 is 1.88 bits per heavy atom. The van der Waals surface area contributed by atoms with Gasteiger partial charge in [0.25, 0.3) is 0 Å². The second kappa shape index (κ2) is 4.57. The van der Waals surface area contributed by atoms with Gasteiger partial charge in [0, 0.05) is 5.33 Å². The monoisotopic (exact) mass is 240 g/mol. The molecule has 0 atom stereocenters. The second-order valence-electron chi connectivity index (χ2n) is 1.75. The average molecular weight is 242 g/mol. The van der Waals surface area contributed by atoms with Crippen LogP contribution < -0.4 is 0 Å². The predicted molar refractivity (Wildman–Crippen MR) is 45.7 cm³/mol. The maximum absolute atomic E-state index is 3.40. The zero-order valence-corrected chi connectivity index (χ0v) is 8.34. The third kappa shape index (κ3) is 3.67. The summed E-state index contributed by atoms with van der Waals surface area (Å²) in [6.07, 6.45) is 1.14. The van der Waals surface area contributed by atoms with Crippen LogP contribution in [0.15, 0.2) is 10.1 Å². The number of halogens is 2. The highest BCUT2D eigenvalue weighted by molar-refractivity contribution is 9.11. The van der Waals surface area contributed by atoms with Crippen molar-refractivity contribution in [2.45, 2.75) is 20.3 Å². The fourth-order valence-corrected chi connectivity index (χ4v) is 1.11. The Morgan fingerprint density at radius 1 is 1.38 bits per heavy atom. The van der Waals surface area contributed by atoms with Gasteiger partial charge in [-0.05, 0) is 24.8 Å². The minimum atomic E-state index is 1.06. The molecule has 0 aliphatic heterocycles. The van der Waals surface area contributed by atoms with E-state index in [2.05, 4.69) is 45.7 Å². The molecule has 0 saturated heterocycles. The van der Waals surface area contributed by atoms with E-state index in [0.29, 0.717) is 0 Å². The third-order valence-corrected chi connectivity index (χ3v) is 2.13. The standard InChI is InChI=1S/C6H10Br2/c1-5(3-4-7)6(2)8/h3-4H2,1-2H3/b6-5-. The predicted octanol–water partition coefficient (Wildman–Crippen LogP) is 3.46. The van der Waals surface area contributed by atoms with Crippen molar-refractivity contribution < 1.29 is 0 Å². The van der Waals surface area contributed by atoms with E-state index < -0.39 is 0 Å². The minimum absolute atomic E-state index is 1.06. The number of allylic oxidation sites excluding steroid dienone is 2. The summed E-state index contributed by atoms with van der Waals surface area (Å²) in [4.78, 5) is 0. The van der Waals surface area contributed by atoms with Crippen LogP contribution in [0.2, 0.25) is 0 Å². The van der Waals surface area contributed by atoms with Gasteiger partial charge in [0.15, 0.2) is 0 Å². The van der Waals surface area contributed by atoms with Crippen LogP contribution in [0, 0.1) is 0 Å². The summed E-state index contributed by atoms with van der Waals surface area (Å²) in [6.45, 7) is 4.20. The molecule has 0 unspecified atom stereocenters.